The number of nitrogens with one attached hydrogen (secondary N) is 3. The fraction of sp³-hybridized carbons (Fsp3) is 0.357. The fourth-order valence-corrected chi connectivity index (χ4v) is 2.23. The summed E-state index contributed by atoms with van der Waals surface area (Å²) in [5.74, 6) is 2.28. The third kappa shape index (κ3) is 3.57. The smallest absolute Gasteiger partial charge is 0.410 e. The summed E-state index contributed by atoms with van der Waals surface area (Å²) in [6.07, 6.45) is 0.530. The predicted octanol–water partition coefficient (Wildman–Crippen LogP) is 1.17. The fourth-order valence-electron chi connectivity index (χ4n) is 2.23. The van der Waals surface area contributed by atoms with E-state index in [1.807, 2.05) is 6.07 Å². The number of aromatic amines is 1. The molecule has 1 amide bonds. The molecule has 1 aliphatic rings. The summed E-state index contributed by atoms with van der Waals surface area (Å²) in [6, 6.07) is 8.92. The van der Waals surface area contributed by atoms with E-state index in [0.717, 1.165) is 25.3 Å². The highest BCUT2D eigenvalue weighted by atomic mass is 16.6. The molecule has 2 aromatic rings. The molecule has 0 radical (unpaired) electrons. The second-order valence-corrected chi connectivity index (χ2v) is 4.89. The summed E-state index contributed by atoms with van der Waals surface area (Å²) in [6.45, 7) is 2.16. The van der Waals surface area contributed by atoms with Crippen LogP contribution in [0.3, 0.4) is 0 Å². The molecule has 3 N–H and O–H groups in total. The average molecular weight is 287 g/mol. The van der Waals surface area contributed by atoms with E-state index in [9.17, 15) is 4.79 Å². The molecular weight excluding hydrogens is 270 g/mol. The van der Waals surface area contributed by atoms with Crippen molar-refractivity contribution in [1.82, 2.24) is 25.8 Å². The van der Waals surface area contributed by atoms with Gasteiger partial charge in [-0.25, -0.2) is 9.78 Å². The van der Waals surface area contributed by atoms with E-state index in [2.05, 4.69) is 25.8 Å². The van der Waals surface area contributed by atoms with Gasteiger partial charge in [-0.3, -0.25) is 5.10 Å². The third-order valence-electron chi connectivity index (χ3n) is 3.33. The monoisotopic (exact) mass is 287 g/mol. The SMILES string of the molecule is O=C(NCc1nc([C@H]2CCNC2)n[nH]1)Oc1ccccc1. The van der Waals surface area contributed by atoms with Crippen molar-refractivity contribution in [1.29, 1.82) is 0 Å². The van der Waals surface area contributed by atoms with E-state index in [1.54, 1.807) is 24.3 Å². The Hall–Kier alpha value is -2.41. The van der Waals surface area contributed by atoms with Gasteiger partial charge < -0.3 is 15.4 Å². The van der Waals surface area contributed by atoms with Crippen molar-refractivity contribution in [3.63, 3.8) is 0 Å². The summed E-state index contributed by atoms with van der Waals surface area (Å²) >= 11 is 0. The zero-order valence-corrected chi connectivity index (χ0v) is 11.5. The Kier molecular flexibility index (Phi) is 4.11. The van der Waals surface area contributed by atoms with Gasteiger partial charge in [0.05, 0.1) is 6.54 Å². The lowest BCUT2D eigenvalue weighted by Crippen LogP contribution is -2.26. The van der Waals surface area contributed by atoms with Gasteiger partial charge in [0, 0.05) is 12.5 Å². The lowest BCUT2D eigenvalue weighted by atomic mass is 10.1. The van der Waals surface area contributed by atoms with Crippen molar-refractivity contribution >= 4 is 6.09 Å². The quantitative estimate of drug-likeness (QED) is 0.785. The summed E-state index contributed by atoms with van der Waals surface area (Å²) in [4.78, 5) is 16.0. The number of amides is 1. The van der Waals surface area contributed by atoms with Gasteiger partial charge in [0.1, 0.15) is 11.6 Å². The van der Waals surface area contributed by atoms with Crippen molar-refractivity contribution in [2.75, 3.05) is 13.1 Å². The molecule has 0 unspecified atom stereocenters. The number of aromatic nitrogens is 3. The van der Waals surface area contributed by atoms with Gasteiger partial charge in [-0.05, 0) is 25.1 Å². The Balaban J connectivity index is 1.49. The highest BCUT2D eigenvalue weighted by molar-refractivity contribution is 5.70. The van der Waals surface area contributed by atoms with Gasteiger partial charge in [-0.15, -0.1) is 0 Å². The molecule has 1 aliphatic heterocycles. The summed E-state index contributed by atoms with van der Waals surface area (Å²) < 4.78 is 5.12. The molecule has 0 saturated carbocycles. The molecular formula is C14H17N5O2. The normalized spacial score (nSPS) is 17.6. The molecule has 3 rings (SSSR count). The summed E-state index contributed by atoms with van der Waals surface area (Å²) in [5.41, 5.74) is 0. The highest BCUT2D eigenvalue weighted by Crippen LogP contribution is 2.18. The Morgan fingerprint density at radius 2 is 2.24 bits per heavy atom. The number of hydrogen-bond donors (Lipinski definition) is 3. The first kappa shape index (κ1) is 13.6. The van der Waals surface area contributed by atoms with E-state index in [1.165, 1.54) is 0 Å². The maximum atomic E-state index is 11.6. The summed E-state index contributed by atoms with van der Waals surface area (Å²) in [5, 5.41) is 12.9. The topological polar surface area (TPSA) is 91.9 Å². The van der Waals surface area contributed by atoms with Crippen molar-refractivity contribution in [3.8, 4) is 5.75 Å². The van der Waals surface area contributed by atoms with Crippen LogP contribution in [0.1, 0.15) is 24.0 Å². The van der Waals surface area contributed by atoms with Crippen LogP contribution in [0.2, 0.25) is 0 Å². The molecule has 0 spiro atoms. The van der Waals surface area contributed by atoms with Crippen LogP contribution in [-0.4, -0.2) is 34.4 Å². The van der Waals surface area contributed by atoms with Crippen molar-refractivity contribution in [2.45, 2.75) is 18.9 Å². The molecule has 7 nitrogen and oxygen atoms in total. The van der Waals surface area contributed by atoms with Crippen LogP contribution >= 0.6 is 0 Å². The average Bonchev–Trinajstić information content (AvgIpc) is 3.17. The largest absolute Gasteiger partial charge is 0.412 e. The number of carbonyl (C=O) groups excluding carboxylic acids is 1. The van der Waals surface area contributed by atoms with E-state index in [0.29, 0.717) is 17.5 Å². The number of nitrogens with zero attached hydrogens (tertiary/aromatic N) is 2. The maximum absolute atomic E-state index is 11.6. The van der Waals surface area contributed by atoms with Gasteiger partial charge in [-0.1, -0.05) is 18.2 Å². The Bertz CT molecular complexity index is 592. The van der Waals surface area contributed by atoms with E-state index < -0.39 is 6.09 Å². The molecule has 7 heteroatoms. The van der Waals surface area contributed by atoms with Crippen LogP contribution in [0, 0.1) is 0 Å². The van der Waals surface area contributed by atoms with Gasteiger partial charge in [0.25, 0.3) is 0 Å². The first-order valence-electron chi connectivity index (χ1n) is 6.94. The predicted molar refractivity (Wildman–Crippen MR) is 75.9 cm³/mol. The zero-order valence-electron chi connectivity index (χ0n) is 11.5. The third-order valence-corrected chi connectivity index (χ3v) is 3.33. The number of carbonyl (C=O) groups is 1. The van der Waals surface area contributed by atoms with Gasteiger partial charge in [0.2, 0.25) is 0 Å². The number of para-hydroxylation sites is 1. The number of hydrogen-bond acceptors (Lipinski definition) is 5. The minimum atomic E-state index is -0.512. The lowest BCUT2D eigenvalue weighted by Gasteiger charge is -2.04. The van der Waals surface area contributed by atoms with Gasteiger partial charge in [-0.2, -0.15) is 5.10 Å². The molecule has 1 aromatic carbocycles. The lowest BCUT2D eigenvalue weighted by molar-refractivity contribution is 0.199. The number of H-pyrrole nitrogens is 1. The molecule has 21 heavy (non-hydrogen) atoms. The molecule has 1 aromatic heterocycles. The minimum Gasteiger partial charge on any atom is -0.410 e. The van der Waals surface area contributed by atoms with E-state index in [-0.39, 0.29) is 6.54 Å². The minimum absolute atomic E-state index is 0.263. The molecule has 1 fully saturated rings. The Morgan fingerprint density at radius 3 is 3.00 bits per heavy atom. The first-order chi connectivity index (χ1) is 10.3. The molecule has 1 saturated heterocycles. The van der Waals surface area contributed by atoms with Crippen LogP contribution in [0.25, 0.3) is 0 Å². The van der Waals surface area contributed by atoms with Crippen LogP contribution < -0.4 is 15.4 Å². The number of benzene rings is 1. The van der Waals surface area contributed by atoms with E-state index in [4.69, 9.17) is 4.74 Å². The molecule has 2 heterocycles. The second kappa shape index (κ2) is 6.36. The van der Waals surface area contributed by atoms with Crippen molar-refractivity contribution < 1.29 is 9.53 Å². The zero-order chi connectivity index (χ0) is 14.5. The highest BCUT2D eigenvalue weighted by Gasteiger charge is 2.20. The van der Waals surface area contributed by atoms with Gasteiger partial charge in [0.15, 0.2) is 5.82 Å². The van der Waals surface area contributed by atoms with Crippen LogP contribution in [-0.2, 0) is 6.54 Å². The van der Waals surface area contributed by atoms with Gasteiger partial charge >= 0.3 is 6.09 Å². The van der Waals surface area contributed by atoms with E-state index >= 15 is 0 Å². The summed E-state index contributed by atoms with van der Waals surface area (Å²) in [7, 11) is 0. The second-order valence-electron chi connectivity index (χ2n) is 4.89. The molecule has 0 aliphatic carbocycles. The Morgan fingerprint density at radius 1 is 1.38 bits per heavy atom. The van der Waals surface area contributed by atoms with Crippen molar-refractivity contribution in [2.24, 2.45) is 0 Å². The van der Waals surface area contributed by atoms with Crippen molar-refractivity contribution in [3.05, 3.63) is 42.0 Å². The standard InChI is InChI=1S/C14H17N5O2/c20-14(21-11-4-2-1-3-5-11)16-9-12-17-13(19-18-12)10-6-7-15-8-10/h1-5,10,15H,6-9H2,(H,16,20)(H,17,18,19)/t10-/m0/s1. The molecule has 1 atom stereocenters. The molecule has 110 valence electrons. The number of ether oxygens (including phenoxy) is 1. The molecule has 0 bridgehead atoms. The first-order valence-corrected chi connectivity index (χ1v) is 6.94. The van der Waals surface area contributed by atoms with Crippen LogP contribution in [0.5, 0.6) is 5.75 Å². The van der Waals surface area contributed by atoms with Crippen LogP contribution in [0.15, 0.2) is 30.3 Å². The maximum Gasteiger partial charge on any atom is 0.412 e. The number of rotatable bonds is 4. The Labute approximate surface area is 122 Å². The van der Waals surface area contributed by atoms with Crippen LogP contribution in [0.4, 0.5) is 4.79 Å².